The van der Waals surface area contributed by atoms with Gasteiger partial charge in [-0.05, 0) is 42.0 Å². The van der Waals surface area contributed by atoms with Gasteiger partial charge in [0.2, 0.25) is 5.91 Å². The van der Waals surface area contributed by atoms with Crippen LogP contribution < -0.4 is 5.32 Å². The zero-order valence-corrected chi connectivity index (χ0v) is 13.4. The van der Waals surface area contributed by atoms with E-state index in [2.05, 4.69) is 5.32 Å². The summed E-state index contributed by atoms with van der Waals surface area (Å²) in [6.07, 6.45) is -4.38. The van der Waals surface area contributed by atoms with Gasteiger partial charge in [-0.1, -0.05) is 23.7 Å². The van der Waals surface area contributed by atoms with E-state index in [-0.39, 0.29) is 18.2 Å². The Morgan fingerprint density at radius 2 is 1.83 bits per heavy atom. The monoisotopic (exact) mass is 359 g/mol. The van der Waals surface area contributed by atoms with Gasteiger partial charge in [0, 0.05) is 16.5 Å². The predicted molar refractivity (Wildman–Crippen MR) is 85.5 cm³/mol. The van der Waals surface area contributed by atoms with Crippen LogP contribution in [0.25, 0.3) is 0 Å². The molecule has 0 bridgehead atoms. The summed E-state index contributed by atoms with van der Waals surface area (Å²) in [7, 11) is 0. The highest BCUT2D eigenvalue weighted by Gasteiger charge is 2.30. The third-order valence-corrected chi connectivity index (χ3v) is 4.19. The van der Waals surface area contributed by atoms with E-state index in [1.807, 2.05) is 0 Å². The van der Waals surface area contributed by atoms with Crippen molar-refractivity contribution in [2.45, 2.75) is 17.6 Å². The van der Waals surface area contributed by atoms with E-state index >= 15 is 0 Å². The molecule has 0 atom stereocenters. The Kier molecular flexibility index (Phi) is 5.96. The lowest BCUT2D eigenvalue weighted by Crippen LogP contribution is -2.24. The molecule has 122 valence electrons. The highest BCUT2D eigenvalue weighted by molar-refractivity contribution is 8.00. The van der Waals surface area contributed by atoms with E-state index < -0.39 is 11.7 Å². The summed E-state index contributed by atoms with van der Waals surface area (Å²) in [6, 6.07) is 12.0. The van der Waals surface area contributed by atoms with Crippen molar-refractivity contribution in [1.82, 2.24) is 5.32 Å². The van der Waals surface area contributed by atoms with Crippen LogP contribution in [0.3, 0.4) is 0 Å². The fourth-order valence-electron chi connectivity index (χ4n) is 1.79. The highest BCUT2D eigenvalue weighted by Crippen LogP contribution is 2.29. The van der Waals surface area contributed by atoms with Crippen LogP contribution in [0.4, 0.5) is 13.2 Å². The number of nitrogens with one attached hydrogen (secondary N) is 1. The maximum absolute atomic E-state index is 12.6. The first-order chi connectivity index (χ1) is 10.8. The topological polar surface area (TPSA) is 29.1 Å². The van der Waals surface area contributed by atoms with Crippen molar-refractivity contribution in [3.8, 4) is 0 Å². The Balaban J connectivity index is 1.83. The van der Waals surface area contributed by atoms with Crippen molar-refractivity contribution in [2.24, 2.45) is 0 Å². The second-order valence-corrected chi connectivity index (χ2v) is 6.20. The summed E-state index contributed by atoms with van der Waals surface area (Å²) in [4.78, 5) is 12.7. The molecule has 0 aliphatic carbocycles. The summed E-state index contributed by atoms with van der Waals surface area (Å²) in [6.45, 7) is 0.0595. The molecule has 0 radical (unpaired) electrons. The van der Waals surface area contributed by atoms with Crippen LogP contribution in [0.15, 0.2) is 53.4 Å². The van der Waals surface area contributed by atoms with E-state index in [9.17, 15) is 18.0 Å². The number of hydrogen-bond donors (Lipinski definition) is 1. The largest absolute Gasteiger partial charge is 0.416 e. The summed E-state index contributed by atoms with van der Waals surface area (Å²) < 4.78 is 37.8. The average Bonchev–Trinajstić information content (AvgIpc) is 2.52. The van der Waals surface area contributed by atoms with Crippen molar-refractivity contribution < 1.29 is 18.0 Å². The molecule has 0 saturated carbocycles. The lowest BCUT2D eigenvalue weighted by atomic mass is 10.1. The number of amides is 1. The van der Waals surface area contributed by atoms with Gasteiger partial charge >= 0.3 is 6.18 Å². The van der Waals surface area contributed by atoms with E-state index in [4.69, 9.17) is 11.6 Å². The number of thioether (sulfide) groups is 1. The number of rotatable bonds is 5. The third kappa shape index (κ3) is 5.80. The standard InChI is InChI=1S/C16H13ClF3NOS/c17-13-4-6-14(7-5-13)23-10-15(22)21-9-11-2-1-3-12(8-11)16(18,19)20/h1-8H,9-10H2,(H,21,22). The number of carbonyl (C=O) groups excluding carboxylic acids is 1. The van der Waals surface area contributed by atoms with Crippen LogP contribution in [-0.2, 0) is 17.5 Å². The molecule has 0 fully saturated rings. The molecular formula is C16H13ClF3NOS. The highest BCUT2D eigenvalue weighted by atomic mass is 35.5. The molecule has 23 heavy (non-hydrogen) atoms. The molecule has 0 spiro atoms. The zero-order chi connectivity index (χ0) is 16.9. The Morgan fingerprint density at radius 3 is 2.48 bits per heavy atom. The van der Waals surface area contributed by atoms with E-state index in [1.165, 1.54) is 17.8 Å². The van der Waals surface area contributed by atoms with Crippen LogP contribution in [0.2, 0.25) is 5.02 Å². The van der Waals surface area contributed by atoms with E-state index in [0.29, 0.717) is 10.6 Å². The molecule has 0 unspecified atom stereocenters. The SMILES string of the molecule is O=C(CSc1ccc(Cl)cc1)NCc1cccc(C(F)(F)F)c1. The maximum atomic E-state index is 12.6. The first-order valence-corrected chi connectivity index (χ1v) is 8.02. The molecule has 2 aromatic rings. The van der Waals surface area contributed by atoms with Crippen LogP contribution in [0.1, 0.15) is 11.1 Å². The zero-order valence-electron chi connectivity index (χ0n) is 11.9. The first kappa shape index (κ1) is 17.7. The Hall–Kier alpha value is -1.66. The number of carbonyl (C=O) groups is 1. The summed E-state index contributed by atoms with van der Waals surface area (Å²) in [5, 5.41) is 3.22. The Bertz CT molecular complexity index is 674. The Morgan fingerprint density at radius 1 is 1.13 bits per heavy atom. The molecule has 2 rings (SSSR count). The molecule has 0 aromatic heterocycles. The minimum atomic E-state index is -4.38. The van der Waals surface area contributed by atoms with Gasteiger partial charge in [-0.25, -0.2) is 0 Å². The Labute approximate surface area is 141 Å². The van der Waals surface area contributed by atoms with Gasteiger partial charge in [0.05, 0.1) is 11.3 Å². The third-order valence-electron chi connectivity index (χ3n) is 2.93. The van der Waals surface area contributed by atoms with Crippen molar-refractivity contribution in [3.63, 3.8) is 0 Å². The first-order valence-electron chi connectivity index (χ1n) is 6.66. The van der Waals surface area contributed by atoms with Gasteiger partial charge in [-0.2, -0.15) is 13.2 Å². The van der Waals surface area contributed by atoms with Crippen molar-refractivity contribution >= 4 is 29.3 Å². The minimum Gasteiger partial charge on any atom is -0.351 e. The predicted octanol–water partition coefficient (Wildman–Crippen LogP) is 4.77. The fourth-order valence-corrected chi connectivity index (χ4v) is 2.64. The van der Waals surface area contributed by atoms with Crippen molar-refractivity contribution in [3.05, 3.63) is 64.7 Å². The molecule has 0 aliphatic rings. The molecule has 7 heteroatoms. The molecule has 2 aromatic carbocycles. The number of alkyl halides is 3. The second kappa shape index (κ2) is 7.75. The molecular weight excluding hydrogens is 347 g/mol. The van der Waals surface area contributed by atoms with Crippen LogP contribution in [0, 0.1) is 0 Å². The summed E-state index contributed by atoms with van der Waals surface area (Å²) in [5.41, 5.74) is -0.315. The van der Waals surface area contributed by atoms with Gasteiger partial charge in [0.1, 0.15) is 0 Å². The minimum absolute atomic E-state index is 0.0595. The lowest BCUT2D eigenvalue weighted by Gasteiger charge is -2.09. The van der Waals surface area contributed by atoms with Crippen molar-refractivity contribution in [2.75, 3.05) is 5.75 Å². The molecule has 0 saturated heterocycles. The fraction of sp³-hybridized carbons (Fsp3) is 0.188. The summed E-state index contributed by atoms with van der Waals surface area (Å²) in [5.74, 6) is -0.0667. The molecule has 1 amide bonds. The van der Waals surface area contributed by atoms with Gasteiger partial charge in [-0.15, -0.1) is 11.8 Å². The molecule has 0 heterocycles. The number of halogens is 4. The second-order valence-electron chi connectivity index (χ2n) is 4.72. The van der Waals surface area contributed by atoms with Gasteiger partial charge in [-0.3, -0.25) is 4.79 Å². The van der Waals surface area contributed by atoms with E-state index in [0.717, 1.165) is 17.0 Å². The summed E-state index contributed by atoms with van der Waals surface area (Å²) >= 11 is 7.10. The van der Waals surface area contributed by atoms with E-state index in [1.54, 1.807) is 30.3 Å². The molecule has 0 aliphatic heterocycles. The normalized spacial score (nSPS) is 11.3. The van der Waals surface area contributed by atoms with Crippen LogP contribution in [0.5, 0.6) is 0 Å². The quantitative estimate of drug-likeness (QED) is 0.779. The van der Waals surface area contributed by atoms with Crippen molar-refractivity contribution in [1.29, 1.82) is 0 Å². The van der Waals surface area contributed by atoms with Crippen LogP contribution in [-0.4, -0.2) is 11.7 Å². The molecule has 2 nitrogen and oxygen atoms in total. The van der Waals surface area contributed by atoms with Crippen LogP contribution >= 0.6 is 23.4 Å². The molecule has 1 N–H and O–H groups in total. The maximum Gasteiger partial charge on any atom is 0.416 e. The number of hydrogen-bond acceptors (Lipinski definition) is 2. The lowest BCUT2D eigenvalue weighted by molar-refractivity contribution is -0.137. The van der Waals surface area contributed by atoms with Gasteiger partial charge in [0.25, 0.3) is 0 Å². The number of benzene rings is 2. The van der Waals surface area contributed by atoms with Gasteiger partial charge in [0.15, 0.2) is 0 Å². The smallest absolute Gasteiger partial charge is 0.351 e. The van der Waals surface area contributed by atoms with Gasteiger partial charge < -0.3 is 5.32 Å². The average molecular weight is 360 g/mol.